The summed E-state index contributed by atoms with van der Waals surface area (Å²) in [6, 6.07) is 0. The first kappa shape index (κ1) is 16.0. The second-order valence-electron chi connectivity index (χ2n) is 7.57. The highest BCUT2D eigenvalue weighted by atomic mass is 16.7. The van der Waals surface area contributed by atoms with Gasteiger partial charge in [0, 0.05) is 5.57 Å². The molecule has 4 fully saturated rings. The fourth-order valence-electron chi connectivity index (χ4n) is 4.97. The van der Waals surface area contributed by atoms with E-state index in [0.29, 0.717) is 18.8 Å². The van der Waals surface area contributed by atoms with Crippen molar-refractivity contribution in [2.24, 2.45) is 17.8 Å². The summed E-state index contributed by atoms with van der Waals surface area (Å²) in [5, 5.41) is 0. The molecule has 4 rings (SSSR count). The third-order valence-corrected chi connectivity index (χ3v) is 5.45. The largest absolute Gasteiger partial charge is 0.433 e. The molecule has 4 aliphatic carbocycles. The van der Waals surface area contributed by atoms with Crippen molar-refractivity contribution in [2.45, 2.75) is 64.3 Å². The quantitative estimate of drug-likeness (QED) is 0.313. The van der Waals surface area contributed by atoms with Gasteiger partial charge in [0.05, 0.1) is 18.8 Å². The van der Waals surface area contributed by atoms with E-state index in [9.17, 15) is 4.79 Å². The Balaban J connectivity index is 1.38. The van der Waals surface area contributed by atoms with Gasteiger partial charge in [0.2, 0.25) is 6.29 Å². The van der Waals surface area contributed by atoms with Crippen molar-refractivity contribution < 1.29 is 19.0 Å². The molecule has 0 aromatic heterocycles. The first-order valence-corrected chi connectivity index (χ1v) is 8.58. The molecule has 0 N–H and O–H groups in total. The van der Waals surface area contributed by atoms with E-state index in [1.54, 1.807) is 13.8 Å². The Labute approximate surface area is 133 Å². The third-order valence-electron chi connectivity index (χ3n) is 5.45. The summed E-state index contributed by atoms with van der Waals surface area (Å²) in [6.45, 7) is 7.96. The van der Waals surface area contributed by atoms with Crippen molar-refractivity contribution >= 4 is 5.97 Å². The summed E-state index contributed by atoms with van der Waals surface area (Å²) < 4.78 is 16.9. The van der Waals surface area contributed by atoms with Gasteiger partial charge in [-0.1, -0.05) is 6.58 Å². The maximum atomic E-state index is 11.4. The van der Waals surface area contributed by atoms with Gasteiger partial charge in [-0.25, -0.2) is 4.79 Å². The van der Waals surface area contributed by atoms with Crippen LogP contribution in [0.1, 0.15) is 52.4 Å². The van der Waals surface area contributed by atoms with Gasteiger partial charge < -0.3 is 14.2 Å². The van der Waals surface area contributed by atoms with E-state index >= 15 is 0 Å². The molecule has 1 atom stereocenters. The zero-order valence-electron chi connectivity index (χ0n) is 13.8. The summed E-state index contributed by atoms with van der Waals surface area (Å²) >= 11 is 0. The van der Waals surface area contributed by atoms with Gasteiger partial charge in [0.15, 0.2) is 0 Å². The van der Waals surface area contributed by atoms with Crippen LogP contribution in [0.25, 0.3) is 0 Å². The molecule has 1 unspecified atom stereocenters. The summed E-state index contributed by atoms with van der Waals surface area (Å²) in [7, 11) is 0. The van der Waals surface area contributed by atoms with E-state index < -0.39 is 12.3 Å². The number of rotatable bonds is 7. The lowest BCUT2D eigenvalue weighted by molar-refractivity contribution is -0.191. The van der Waals surface area contributed by atoms with Crippen LogP contribution in [-0.4, -0.2) is 31.1 Å². The average Bonchev–Trinajstić information content (AvgIpc) is 2.42. The highest BCUT2D eigenvalue weighted by Crippen LogP contribution is 2.57. The molecule has 22 heavy (non-hydrogen) atoms. The van der Waals surface area contributed by atoms with Gasteiger partial charge in [-0.05, 0) is 70.1 Å². The SMILES string of the molecule is C=C(C)C(=O)OC(C)OCCOC12CC3CC(CC(C3)C1)C2. The molecule has 4 nitrogen and oxygen atoms in total. The van der Waals surface area contributed by atoms with E-state index in [1.165, 1.54) is 38.5 Å². The Bertz CT molecular complexity index is 407. The Morgan fingerprint density at radius 1 is 1.14 bits per heavy atom. The lowest BCUT2D eigenvalue weighted by atomic mass is 9.54. The summed E-state index contributed by atoms with van der Waals surface area (Å²) in [4.78, 5) is 11.4. The molecular weight excluding hydrogens is 280 g/mol. The van der Waals surface area contributed by atoms with E-state index in [4.69, 9.17) is 14.2 Å². The van der Waals surface area contributed by atoms with Gasteiger partial charge in [0.1, 0.15) is 0 Å². The highest BCUT2D eigenvalue weighted by molar-refractivity contribution is 5.86. The lowest BCUT2D eigenvalue weighted by Gasteiger charge is -2.56. The van der Waals surface area contributed by atoms with Crippen LogP contribution in [0.5, 0.6) is 0 Å². The second-order valence-corrected chi connectivity index (χ2v) is 7.57. The smallest absolute Gasteiger partial charge is 0.335 e. The predicted octanol–water partition coefficient (Wildman–Crippen LogP) is 3.45. The van der Waals surface area contributed by atoms with Crippen LogP contribution in [0.15, 0.2) is 12.2 Å². The Morgan fingerprint density at radius 2 is 1.68 bits per heavy atom. The molecule has 124 valence electrons. The molecule has 0 aromatic carbocycles. The number of hydrogen-bond donors (Lipinski definition) is 0. The number of esters is 1. The zero-order chi connectivity index (χ0) is 15.7. The maximum Gasteiger partial charge on any atom is 0.335 e. The zero-order valence-corrected chi connectivity index (χ0v) is 13.8. The molecular formula is C18H28O4. The summed E-state index contributed by atoms with van der Waals surface area (Å²) in [6.07, 6.45) is 7.43. The first-order valence-electron chi connectivity index (χ1n) is 8.58. The number of ether oxygens (including phenoxy) is 3. The van der Waals surface area contributed by atoms with E-state index in [-0.39, 0.29) is 5.60 Å². The minimum atomic E-state index is -0.552. The molecule has 0 saturated heterocycles. The van der Waals surface area contributed by atoms with Gasteiger partial charge in [-0.2, -0.15) is 0 Å². The molecule has 0 spiro atoms. The van der Waals surface area contributed by atoms with Crippen molar-refractivity contribution in [2.75, 3.05) is 13.2 Å². The van der Waals surface area contributed by atoms with Crippen molar-refractivity contribution in [3.8, 4) is 0 Å². The maximum absolute atomic E-state index is 11.4. The number of hydrogen-bond acceptors (Lipinski definition) is 4. The Morgan fingerprint density at radius 3 is 2.18 bits per heavy atom. The summed E-state index contributed by atoms with van der Waals surface area (Å²) in [5.74, 6) is 2.27. The monoisotopic (exact) mass is 308 g/mol. The standard InChI is InChI=1S/C18H28O4/c1-12(2)17(19)22-13(3)20-4-5-21-18-9-14-6-15(10-18)8-16(7-14)11-18/h13-16H,1,4-11H2,2-3H3. The highest BCUT2D eigenvalue weighted by Gasteiger charge is 2.51. The van der Waals surface area contributed by atoms with E-state index in [0.717, 1.165) is 17.8 Å². The second kappa shape index (κ2) is 6.32. The van der Waals surface area contributed by atoms with Crippen LogP contribution in [0.4, 0.5) is 0 Å². The van der Waals surface area contributed by atoms with Crippen molar-refractivity contribution in [1.82, 2.24) is 0 Å². The minimum Gasteiger partial charge on any atom is -0.433 e. The van der Waals surface area contributed by atoms with Crippen LogP contribution < -0.4 is 0 Å². The molecule has 4 aliphatic rings. The Hall–Kier alpha value is -0.870. The van der Waals surface area contributed by atoms with E-state index in [1.807, 2.05) is 0 Å². The lowest BCUT2D eigenvalue weighted by Crippen LogP contribution is -2.52. The summed E-state index contributed by atoms with van der Waals surface area (Å²) in [5.41, 5.74) is 0.510. The van der Waals surface area contributed by atoms with Crippen molar-refractivity contribution in [3.05, 3.63) is 12.2 Å². The topological polar surface area (TPSA) is 44.8 Å². The van der Waals surface area contributed by atoms with Crippen molar-refractivity contribution in [1.29, 1.82) is 0 Å². The van der Waals surface area contributed by atoms with Gasteiger partial charge in [-0.3, -0.25) is 0 Å². The predicted molar refractivity (Wildman–Crippen MR) is 83.2 cm³/mol. The molecule has 0 heterocycles. The van der Waals surface area contributed by atoms with Crippen LogP contribution in [-0.2, 0) is 19.0 Å². The number of carbonyl (C=O) groups is 1. The van der Waals surface area contributed by atoms with Crippen molar-refractivity contribution in [3.63, 3.8) is 0 Å². The van der Waals surface area contributed by atoms with E-state index in [2.05, 4.69) is 6.58 Å². The van der Waals surface area contributed by atoms with Gasteiger partial charge in [0.25, 0.3) is 0 Å². The Kier molecular flexibility index (Phi) is 4.60. The number of carbonyl (C=O) groups excluding carboxylic acids is 1. The average molecular weight is 308 g/mol. The molecule has 0 aromatic rings. The molecule has 0 aliphatic heterocycles. The fourth-order valence-corrected chi connectivity index (χ4v) is 4.97. The molecule has 0 amide bonds. The van der Waals surface area contributed by atoms with Crippen LogP contribution >= 0.6 is 0 Å². The normalized spacial score (nSPS) is 37.1. The molecule has 4 bridgehead atoms. The van der Waals surface area contributed by atoms with Gasteiger partial charge >= 0.3 is 5.97 Å². The van der Waals surface area contributed by atoms with Crippen LogP contribution in [0.2, 0.25) is 0 Å². The van der Waals surface area contributed by atoms with Crippen LogP contribution in [0.3, 0.4) is 0 Å². The third kappa shape index (κ3) is 3.54. The minimum absolute atomic E-state index is 0.121. The molecule has 4 saturated carbocycles. The van der Waals surface area contributed by atoms with Crippen LogP contribution in [0, 0.1) is 17.8 Å². The molecule has 4 heteroatoms. The molecule has 0 radical (unpaired) electrons. The van der Waals surface area contributed by atoms with Gasteiger partial charge in [-0.15, -0.1) is 0 Å². The fraction of sp³-hybridized carbons (Fsp3) is 0.833. The first-order chi connectivity index (χ1) is 10.5.